The van der Waals surface area contributed by atoms with Crippen LogP contribution in [0.15, 0.2) is 0 Å². The van der Waals surface area contributed by atoms with E-state index in [1.54, 1.807) is 0 Å². The molecular weight excluding hydrogens is 170 g/mol. The monoisotopic (exact) mass is 187 g/mol. The van der Waals surface area contributed by atoms with E-state index >= 15 is 0 Å². The summed E-state index contributed by atoms with van der Waals surface area (Å²) in [6.45, 7) is 6.05. The van der Waals surface area contributed by atoms with E-state index in [2.05, 4.69) is 26.1 Å². The Morgan fingerprint density at radius 2 is 2.15 bits per heavy atom. The highest BCUT2D eigenvalue weighted by Gasteiger charge is 2.59. The minimum absolute atomic E-state index is 0.0468. The Labute approximate surface area is 78.0 Å². The molecule has 0 bridgehead atoms. The predicted molar refractivity (Wildman–Crippen MR) is 48.5 cm³/mol. The van der Waals surface area contributed by atoms with Gasteiger partial charge in [0.05, 0.1) is 12.1 Å². The molecule has 76 valence electrons. The van der Waals surface area contributed by atoms with Crippen LogP contribution in [0, 0.1) is 11.3 Å². The number of hydrogen-bond donors (Lipinski definition) is 3. The molecule has 4 heteroatoms. The van der Waals surface area contributed by atoms with Gasteiger partial charge in [-0.25, -0.2) is 4.79 Å². The summed E-state index contributed by atoms with van der Waals surface area (Å²) in [6, 6.07) is 0. The molecule has 1 amide bonds. The zero-order chi connectivity index (χ0) is 10.3. The second kappa shape index (κ2) is 2.87. The third-order valence-corrected chi connectivity index (χ3v) is 2.76. The number of aliphatic hydroxyl groups excluding tert-OH is 1. The summed E-state index contributed by atoms with van der Waals surface area (Å²) >= 11 is 0. The summed E-state index contributed by atoms with van der Waals surface area (Å²) in [4.78, 5) is 10.5. The van der Waals surface area contributed by atoms with Crippen LogP contribution < -0.4 is 5.32 Å². The fourth-order valence-corrected chi connectivity index (χ4v) is 2.01. The van der Waals surface area contributed by atoms with Gasteiger partial charge in [-0.15, -0.1) is 0 Å². The molecule has 1 saturated carbocycles. The fourth-order valence-electron chi connectivity index (χ4n) is 2.01. The molecule has 0 spiro atoms. The Hall–Kier alpha value is -0.770. The third kappa shape index (κ3) is 1.94. The molecule has 0 saturated heterocycles. The van der Waals surface area contributed by atoms with Crippen molar-refractivity contribution in [3.8, 4) is 0 Å². The Bertz CT molecular complexity index is 221. The van der Waals surface area contributed by atoms with E-state index in [9.17, 15) is 4.79 Å². The van der Waals surface area contributed by atoms with E-state index in [0.29, 0.717) is 0 Å². The average molecular weight is 187 g/mol. The lowest BCUT2D eigenvalue weighted by atomic mass is 9.87. The fraction of sp³-hybridized carbons (Fsp3) is 0.889. The van der Waals surface area contributed by atoms with E-state index in [4.69, 9.17) is 10.2 Å². The second-order valence-corrected chi connectivity index (χ2v) is 4.87. The van der Waals surface area contributed by atoms with Crippen molar-refractivity contribution in [2.75, 3.05) is 6.61 Å². The van der Waals surface area contributed by atoms with E-state index < -0.39 is 11.6 Å². The highest BCUT2D eigenvalue weighted by Crippen LogP contribution is 2.53. The maximum absolute atomic E-state index is 10.5. The van der Waals surface area contributed by atoms with Gasteiger partial charge in [-0.3, -0.25) is 0 Å². The Balaban J connectivity index is 2.64. The van der Waals surface area contributed by atoms with Crippen LogP contribution in [-0.2, 0) is 0 Å². The first-order valence-electron chi connectivity index (χ1n) is 4.44. The Kier molecular flexibility index (Phi) is 2.28. The maximum atomic E-state index is 10.5. The average Bonchev–Trinajstić information content (AvgIpc) is 2.62. The molecule has 2 atom stereocenters. The number of carbonyl (C=O) groups is 1. The minimum Gasteiger partial charge on any atom is -0.465 e. The maximum Gasteiger partial charge on any atom is 0.405 e. The molecule has 0 aromatic heterocycles. The smallest absolute Gasteiger partial charge is 0.405 e. The molecule has 4 nitrogen and oxygen atoms in total. The highest BCUT2D eigenvalue weighted by molar-refractivity contribution is 5.66. The number of nitrogens with one attached hydrogen (secondary N) is 1. The van der Waals surface area contributed by atoms with E-state index in [0.717, 1.165) is 6.42 Å². The van der Waals surface area contributed by atoms with Gasteiger partial charge >= 0.3 is 6.09 Å². The van der Waals surface area contributed by atoms with Crippen LogP contribution in [-0.4, -0.2) is 28.5 Å². The van der Waals surface area contributed by atoms with Crippen molar-refractivity contribution < 1.29 is 15.0 Å². The number of hydrogen-bond acceptors (Lipinski definition) is 2. The summed E-state index contributed by atoms with van der Waals surface area (Å²) in [5, 5.41) is 20.1. The first-order valence-corrected chi connectivity index (χ1v) is 4.44. The minimum atomic E-state index is -1.05. The Morgan fingerprint density at radius 1 is 1.62 bits per heavy atom. The third-order valence-electron chi connectivity index (χ3n) is 2.76. The summed E-state index contributed by atoms with van der Waals surface area (Å²) < 4.78 is 0. The Morgan fingerprint density at radius 3 is 2.38 bits per heavy atom. The lowest BCUT2D eigenvalue weighted by Crippen LogP contribution is -2.42. The molecule has 0 aliphatic heterocycles. The molecule has 0 radical (unpaired) electrons. The summed E-state index contributed by atoms with van der Waals surface area (Å²) in [7, 11) is 0. The van der Waals surface area contributed by atoms with Gasteiger partial charge in [0, 0.05) is 0 Å². The molecule has 1 aliphatic carbocycles. The largest absolute Gasteiger partial charge is 0.465 e. The summed E-state index contributed by atoms with van der Waals surface area (Å²) in [6.07, 6.45) is -0.319. The highest BCUT2D eigenvalue weighted by atomic mass is 16.4. The van der Waals surface area contributed by atoms with Crippen LogP contribution in [0.5, 0.6) is 0 Å². The molecule has 3 N–H and O–H groups in total. The molecule has 1 aliphatic rings. The van der Waals surface area contributed by atoms with Crippen LogP contribution >= 0.6 is 0 Å². The molecule has 2 unspecified atom stereocenters. The molecule has 0 heterocycles. The van der Waals surface area contributed by atoms with Gasteiger partial charge in [0.1, 0.15) is 0 Å². The van der Waals surface area contributed by atoms with Crippen LogP contribution in [0.1, 0.15) is 27.2 Å². The first kappa shape index (κ1) is 10.3. The lowest BCUT2D eigenvalue weighted by Gasteiger charge is -2.23. The van der Waals surface area contributed by atoms with Crippen molar-refractivity contribution in [3.05, 3.63) is 0 Å². The SMILES string of the molecule is CC(C)(C)C1CC1(CO)NC(=O)O. The van der Waals surface area contributed by atoms with Gasteiger partial charge in [-0.2, -0.15) is 0 Å². The van der Waals surface area contributed by atoms with Crippen molar-refractivity contribution in [3.63, 3.8) is 0 Å². The quantitative estimate of drug-likeness (QED) is 0.605. The molecule has 1 fully saturated rings. The van der Waals surface area contributed by atoms with E-state index in [1.165, 1.54) is 0 Å². The van der Waals surface area contributed by atoms with Gasteiger partial charge in [-0.1, -0.05) is 20.8 Å². The predicted octanol–water partition coefficient (Wildman–Crippen LogP) is 1.05. The van der Waals surface area contributed by atoms with Crippen molar-refractivity contribution in [1.29, 1.82) is 0 Å². The van der Waals surface area contributed by atoms with Gasteiger partial charge in [0.15, 0.2) is 0 Å². The van der Waals surface area contributed by atoms with Crippen LogP contribution in [0.3, 0.4) is 0 Å². The molecule has 13 heavy (non-hydrogen) atoms. The van der Waals surface area contributed by atoms with Gasteiger partial charge in [-0.05, 0) is 17.8 Å². The number of carboxylic acid groups (broad SMARTS) is 1. The van der Waals surface area contributed by atoms with E-state index in [1.807, 2.05) is 0 Å². The van der Waals surface area contributed by atoms with Crippen LogP contribution in [0.2, 0.25) is 0 Å². The van der Waals surface area contributed by atoms with Crippen molar-refractivity contribution in [1.82, 2.24) is 5.32 Å². The molecule has 0 aromatic rings. The standard InChI is InChI=1S/C9H17NO3/c1-8(2,3)6-4-9(6,5-11)10-7(12)13/h6,10-11H,4-5H2,1-3H3,(H,12,13). The zero-order valence-electron chi connectivity index (χ0n) is 8.29. The number of aliphatic hydroxyl groups is 1. The molecular formula is C9H17NO3. The van der Waals surface area contributed by atoms with Crippen LogP contribution in [0.4, 0.5) is 4.79 Å². The first-order chi connectivity index (χ1) is 5.82. The second-order valence-electron chi connectivity index (χ2n) is 4.87. The van der Waals surface area contributed by atoms with Crippen LogP contribution in [0.25, 0.3) is 0 Å². The molecule has 0 aromatic carbocycles. The van der Waals surface area contributed by atoms with Crippen molar-refractivity contribution in [2.24, 2.45) is 11.3 Å². The summed E-state index contributed by atoms with van der Waals surface area (Å²) in [5.74, 6) is 0.237. The van der Waals surface area contributed by atoms with Gasteiger partial charge in [0.2, 0.25) is 0 Å². The van der Waals surface area contributed by atoms with E-state index in [-0.39, 0.29) is 17.9 Å². The molecule has 1 rings (SSSR count). The zero-order valence-corrected chi connectivity index (χ0v) is 8.29. The normalized spacial score (nSPS) is 32.8. The van der Waals surface area contributed by atoms with Crippen molar-refractivity contribution >= 4 is 6.09 Å². The van der Waals surface area contributed by atoms with Crippen molar-refractivity contribution in [2.45, 2.75) is 32.7 Å². The summed E-state index contributed by atoms with van der Waals surface area (Å²) in [5.41, 5.74) is -0.532. The topological polar surface area (TPSA) is 69.6 Å². The number of amides is 1. The lowest BCUT2D eigenvalue weighted by molar-refractivity contribution is 0.158. The number of rotatable bonds is 2. The van der Waals surface area contributed by atoms with Gasteiger partial charge in [0.25, 0.3) is 0 Å². The van der Waals surface area contributed by atoms with Gasteiger partial charge < -0.3 is 15.5 Å².